The standard InChI is InChI=1S/C12H17N5O2S/c1-9-14-12(16-15-9)8-17(2)20(18,19)11-5-3-4-10(6-11)7-13/h3-6H,7-8,13H2,1-2H3,(H,14,15,16). The number of H-pyrrole nitrogens is 1. The molecule has 1 heterocycles. The zero-order chi connectivity index (χ0) is 14.8. The van der Waals surface area contributed by atoms with Gasteiger partial charge in [-0.2, -0.15) is 9.40 Å². The molecule has 7 nitrogen and oxygen atoms in total. The number of hydrogen-bond acceptors (Lipinski definition) is 5. The van der Waals surface area contributed by atoms with Crippen molar-refractivity contribution in [2.24, 2.45) is 5.73 Å². The zero-order valence-electron chi connectivity index (χ0n) is 11.4. The van der Waals surface area contributed by atoms with E-state index in [2.05, 4.69) is 15.2 Å². The van der Waals surface area contributed by atoms with E-state index in [0.29, 0.717) is 18.2 Å². The lowest BCUT2D eigenvalue weighted by atomic mass is 10.2. The number of hydrogen-bond donors (Lipinski definition) is 2. The first-order valence-corrected chi connectivity index (χ1v) is 7.50. The van der Waals surface area contributed by atoms with Crippen molar-refractivity contribution in [1.29, 1.82) is 0 Å². The maximum atomic E-state index is 12.4. The van der Waals surface area contributed by atoms with Crippen molar-refractivity contribution >= 4 is 10.0 Å². The third-order valence-electron chi connectivity index (χ3n) is 2.85. The quantitative estimate of drug-likeness (QED) is 0.830. The molecule has 0 spiro atoms. The van der Waals surface area contributed by atoms with Gasteiger partial charge in [-0.1, -0.05) is 12.1 Å². The smallest absolute Gasteiger partial charge is 0.243 e. The molecule has 108 valence electrons. The van der Waals surface area contributed by atoms with Crippen LogP contribution in [0.1, 0.15) is 17.2 Å². The second-order valence-corrected chi connectivity index (χ2v) is 6.49. The summed E-state index contributed by atoms with van der Waals surface area (Å²) in [5.74, 6) is 1.08. The average Bonchev–Trinajstić information content (AvgIpc) is 2.84. The monoisotopic (exact) mass is 295 g/mol. The summed E-state index contributed by atoms with van der Waals surface area (Å²) in [6, 6.07) is 6.60. The van der Waals surface area contributed by atoms with Crippen LogP contribution in [-0.2, 0) is 23.1 Å². The highest BCUT2D eigenvalue weighted by atomic mass is 32.2. The molecule has 0 fully saturated rings. The molecule has 0 aliphatic carbocycles. The van der Waals surface area contributed by atoms with Crippen LogP contribution in [0.5, 0.6) is 0 Å². The molecule has 0 aliphatic heterocycles. The first-order valence-electron chi connectivity index (χ1n) is 6.06. The number of nitrogens with zero attached hydrogens (tertiary/aromatic N) is 3. The van der Waals surface area contributed by atoms with Crippen molar-refractivity contribution in [1.82, 2.24) is 19.5 Å². The number of aromatic nitrogens is 3. The Morgan fingerprint density at radius 2 is 2.15 bits per heavy atom. The van der Waals surface area contributed by atoms with Crippen molar-refractivity contribution < 1.29 is 8.42 Å². The van der Waals surface area contributed by atoms with Gasteiger partial charge in [0.05, 0.1) is 11.4 Å². The SMILES string of the molecule is Cc1nc(CN(C)S(=O)(=O)c2cccc(CN)c2)n[nH]1. The molecular formula is C12H17N5O2S. The maximum Gasteiger partial charge on any atom is 0.243 e. The zero-order valence-corrected chi connectivity index (χ0v) is 12.2. The van der Waals surface area contributed by atoms with E-state index in [1.807, 2.05) is 0 Å². The molecule has 2 aromatic rings. The molecule has 0 aliphatic rings. The fourth-order valence-corrected chi connectivity index (χ4v) is 2.95. The predicted octanol–water partition coefficient (Wildman–Crippen LogP) is 0.393. The van der Waals surface area contributed by atoms with Gasteiger partial charge in [0.1, 0.15) is 5.82 Å². The number of benzene rings is 1. The Morgan fingerprint density at radius 1 is 1.40 bits per heavy atom. The Balaban J connectivity index is 2.24. The van der Waals surface area contributed by atoms with Gasteiger partial charge in [-0.15, -0.1) is 0 Å². The Bertz CT molecular complexity index is 695. The fourth-order valence-electron chi connectivity index (χ4n) is 1.76. The topological polar surface area (TPSA) is 105 Å². The van der Waals surface area contributed by atoms with Gasteiger partial charge >= 0.3 is 0 Å². The summed E-state index contributed by atoms with van der Waals surface area (Å²) >= 11 is 0. The van der Waals surface area contributed by atoms with E-state index >= 15 is 0 Å². The van der Waals surface area contributed by atoms with Crippen LogP contribution in [0.2, 0.25) is 0 Å². The highest BCUT2D eigenvalue weighted by Gasteiger charge is 2.22. The van der Waals surface area contributed by atoms with Gasteiger partial charge in [0, 0.05) is 13.6 Å². The Hall–Kier alpha value is -1.77. The van der Waals surface area contributed by atoms with Crippen LogP contribution in [0.4, 0.5) is 0 Å². The van der Waals surface area contributed by atoms with Crippen molar-refractivity contribution in [3.63, 3.8) is 0 Å². The molecule has 8 heteroatoms. The van der Waals surface area contributed by atoms with Gasteiger partial charge in [0.25, 0.3) is 0 Å². The van der Waals surface area contributed by atoms with E-state index in [9.17, 15) is 8.42 Å². The molecule has 0 saturated heterocycles. The molecule has 0 amide bonds. The fraction of sp³-hybridized carbons (Fsp3) is 0.333. The van der Waals surface area contributed by atoms with Gasteiger partial charge in [0.15, 0.2) is 5.82 Å². The molecule has 1 aromatic carbocycles. The summed E-state index contributed by atoms with van der Waals surface area (Å²) in [7, 11) is -2.08. The maximum absolute atomic E-state index is 12.4. The number of aromatic amines is 1. The lowest BCUT2D eigenvalue weighted by molar-refractivity contribution is 0.457. The number of rotatable bonds is 5. The first-order chi connectivity index (χ1) is 9.43. The lowest BCUT2D eigenvalue weighted by Crippen LogP contribution is -2.27. The molecule has 2 rings (SSSR count). The molecule has 1 aromatic heterocycles. The summed E-state index contributed by atoms with van der Waals surface area (Å²) in [5, 5.41) is 6.62. The van der Waals surface area contributed by atoms with E-state index in [0.717, 1.165) is 5.56 Å². The van der Waals surface area contributed by atoms with Gasteiger partial charge < -0.3 is 5.73 Å². The number of nitrogens with one attached hydrogen (secondary N) is 1. The third-order valence-corrected chi connectivity index (χ3v) is 4.65. The summed E-state index contributed by atoms with van der Waals surface area (Å²) in [4.78, 5) is 4.32. The van der Waals surface area contributed by atoms with E-state index < -0.39 is 10.0 Å². The lowest BCUT2D eigenvalue weighted by Gasteiger charge is -2.16. The summed E-state index contributed by atoms with van der Waals surface area (Å²) in [6.45, 7) is 2.17. The van der Waals surface area contributed by atoms with Crippen LogP contribution in [0.15, 0.2) is 29.2 Å². The van der Waals surface area contributed by atoms with E-state index in [4.69, 9.17) is 5.73 Å². The Labute approximate surface area is 117 Å². The molecular weight excluding hydrogens is 278 g/mol. The van der Waals surface area contributed by atoms with Gasteiger partial charge in [0.2, 0.25) is 10.0 Å². The van der Waals surface area contributed by atoms with Crippen molar-refractivity contribution in [2.75, 3.05) is 7.05 Å². The molecule has 0 atom stereocenters. The molecule has 20 heavy (non-hydrogen) atoms. The summed E-state index contributed by atoms with van der Waals surface area (Å²) < 4.78 is 26.1. The van der Waals surface area contributed by atoms with Crippen LogP contribution in [0.25, 0.3) is 0 Å². The minimum Gasteiger partial charge on any atom is -0.326 e. The van der Waals surface area contributed by atoms with Crippen molar-refractivity contribution in [2.45, 2.75) is 24.9 Å². The van der Waals surface area contributed by atoms with E-state index in [1.54, 1.807) is 31.2 Å². The molecule has 0 unspecified atom stereocenters. The van der Waals surface area contributed by atoms with Crippen LogP contribution >= 0.6 is 0 Å². The largest absolute Gasteiger partial charge is 0.326 e. The summed E-state index contributed by atoms with van der Waals surface area (Å²) in [5.41, 5.74) is 6.30. The highest BCUT2D eigenvalue weighted by Crippen LogP contribution is 2.17. The van der Waals surface area contributed by atoms with Crippen molar-refractivity contribution in [3.8, 4) is 0 Å². The number of sulfonamides is 1. The Kier molecular flexibility index (Phi) is 4.17. The normalized spacial score (nSPS) is 12.0. The van der Waals surface area contributed by atoms with Crippen LogP contribution in [0.3, 0.4) is 0 Å². The van der Waals surface area contributed by atoms with Crippen LogP contribution < -0.4 is 5.73 Å². The van der Waals surface area contributed by atoms with Gasteiger partial charge in [-0.3, -0.25) is 5.10 Å². The van der Waals surface area contributed by atoms with Crippen LogP contribution in [-0.4, -0.2) is 35.0 Å². The molecule has 0 bridgehead atoms. The summed E-state index contributed by atoms with van der Waals surface area (Å²) in [6.07, 6.45) is 0. The Morgan fingerprint density at radius 3 is 2.75 bits per heavy atom. The minimum atomic E-state index is -3.58. The first kappa shape index (κ1) is 14.6. The highest BCUT2D eigenvalue weighted by molar-refractivity contribution is 7.89. The second-order valence-electron chi connectivity index (χ2n) is 4.45. The van der Waals surface area contributed by atoms with Crippen molar-refractivity contribution in [3.05, 3.63) is 41.5 Å². The molecule has 0 radical (unpaired) electrons. The third kappa shape index (κ3) is 3.03. The van der Waals surface area contributed by atoms with E-state index in [-0.39, 0.29) is 11.4 Å². The van der Waals surface area contributed by atoms with Gasteiger partial charge in [-0.25, -0.2) is 13.4 Å². The number of aryl methyl sites for hydroxylation is 1. The molecule has 3 N–H and O–H groups in total. The molecule has 0 saturated carbocycles. The van der Waals surface area contributed by atoms with Crippen LogP contribution in [0, 0.1) is 6.92 Å². The predicted molar refractivity (Wildman–Crippen MR) is 74.1 cm³/mol. The second kappa shape index (κ2) is 5.70. The minimum absolute atomic E-state index is 0.111. The van der Waals surface area contributed by atoms with Gasteiger partial charge in [-0.05, 0) is 24.6 Å². The van der Waals surface area contributed by atoms with E-state index in [1.165, 1.54) is 11.4 Å². The number of nitrogens with two attached hydrogens (primary N) is 1. The average molecular weight is 295 g/mol.